The maximum atomic E-state index is 13.9. The number of para-hydroxylation sites is 1. The van der Waals surface area contributed by atoms with Crippen LogP contribution in [0.4, 0.5) is 4.39 Å². The van der Waals surface area contributed by atoms with E-state index in [4.69, 9.17) is 23.2 Å². The highest BCUT2D eigenvalue weighted by atomic mass is 35.5. The molecule has 0 saturated carbocycles. The van der Waals surface area contributed by atoms with Crippen LogP contribution in [-0.2, 0) is 6.42 Å². The van der Waals surface area contributed by atoms with Crippen molar-refractivity contribution in [3.8, 4) is 5.69 Å². The van der Waals surface area contributed by atoms with Gasteiger partial charge in [-0.15, -0.1) is 0 Å². The number of aromatic nitrogens is 2. The number of carbonyl (C=O) groups is 1. The number of benzene rings is 1. The topological polar surface area (TPSA) is 34.9 Å². The van der Waals surface area contributed by atoms with E-state index in [9.17, 15) is 9.18 Å². The van der Waals surface area contributed by atoms with Crippen LogP contribution in [-0.4, -0.2) is 16.1 Å². The maximum Gasteiger partial charge on any atom is 0.155 e. The summed E-state index contributed by atoms with van der Waals surface area (Å²) >= 11 is 12.1. The molecular weight excluding hydrogens is 290 g/mol. The van der Waals surface area contributed by atoms with Gasteiger partial charge >= 0.3 is 0 Å². The number of hydrogen-bond acceptors (Lipinski definition) is 2. The van der Waals surface area contributed by atoms with E-state index < -0.39 is 5.82 Å². The Balaban J connectivity index is 2.66. The summed E-state index contributed by atoms with van der Waals surface area (Å²) in [6.07, 6.45) is 2.03. The van der Waals surface area contributed by atoms with Crippen LogP contribution in [0.2, 0.25) is 10.2 Å². The van der Waals surface area contributed by atoms with Crippen LogP contribution >= 0.6 is 23.2 Å². The molecule has 0 radical (unpaired) electrons. The number of hydrogen-bond donors (Lipinski definition) is 0. The maximum absolute atomic E-state index is 13.9. The lowest BCUT2D eigenvalue weighted by molar-refractivity contribution is 0.112. The zero-order valence-corrected chi connectivity index (χ0v) is 11.7. The lowest BCUT2D eigenvalue weighted by Crippen LogP contribution is -2.01. The van der Waals surface area contributed by atoms with E-state index in [1.54, 1.807) is 0 Å². The highest BCUT2D eigenvalue weighted by Gasteiger charge is 2.20. The van der Waals surface area contributed by atoms with Gasteiger partial charge in [-0.3, -0.25) is 4.79 Å². The zero-order valence-electron chi connectivity index (χ0n) is 10.2. The highest BCUT2D eigenvalue weighted by Crippen LogP contribution is 2.29. The summed E-state index contributed by atoms with van der Waals surface area (Å²) in [5, 5.41) is 4.45. The summed E-state index contributed by atoms with van der Waals surface area (Å²) in [7, 11) is 0. The minimum Gasteiger partial charge on any atom is -0.298 e. The van der Waals surface area contributed by atoms with Gasteiger partial charge in [0, 0.05) is 0 Å². The molecule has 0 aliphatic carbocycles. The summed E-state index contributed by atoms with van der Waals surface area (Å²) in [5.41, 5.74) is 0.879. The number of halogens is 3. The van der Waals surface area contributed by atoms with Gasteiger partial charge in [0.05, 0.1) is 16.3 Å². The van der Waals surface area contributed by atoms with Gasteiger partial charge in [-0.05, 0) is 18.6 Å². The van der Waals surface area contributed by atoms with E-state index in [1.165, 1.54) is 22.9 Å². The molecular formula is C13H11Cl2FN2O. The smallest absolute Gasteiger partial charge is 0.155 e. The van der Waals surface area contributed by atoms with Crippen LogP contribution in [0.1, 0.15) is 29.4 Å². The van der Waals surface area contributed by atoms with E-state index in [1.807, 2.05) is 6.92 Å². The fourth-order valence-electron chi connectivity index (χ4n) is 1.83. The monoisotopic (exact) mass is 300 g/mol. The van der Waals surface area contributed by atoms with Crippen molar-refractivity contribution < 1.29 is 9.18 Å². The predicted molar refractivity (Wildman–Crippen MR) is 72.9 cm³/mol. The van der Waals surface area contributed by atoms with Gasteiger partial charge in [-0.2, -0.15) is 5.10 Å². The van der Waals surface area contributed by atoms with Crippen molar-refractivity contribution >= 4 is 29.5 Å². The Morgan fingerprint density at radius 1 is 1.42 bits per heavy atom. The first-order valence-electron chi connectivity index (χ1n) is 5.77. The second kappa shape index (κ2) is 5.72. The summed E-state index contributed by atoms with van der Waals surface area (Å²) < 4.78 is 15.0. The van der Waals surface area contributed by atoms with Crippen LogP contribution in [0.5, 0.6) is 0 Å². The van der Waals surface area contributed by atoms with Gasteiger partial charge in [0.15, 0.2) is 6.29 Å². The van der Waals surface area contributed by atoms with Crippen molar-refractivity contribution in [2.75, 3.05) is 0 Å². The molecule has 0 fully saturated rings. The largest absolute Gasteiger partial charge is 0.298 e. The summed E-state index contributed by atoms with van der Waals surface area (Å²) in [5.74, 6) is -0.544. The number of aldehydes is 1. The molecule has 1 heterocycles. The zero-order chi connectivity index (χ0) is 14.0. The van der Waals surface area contributed by atoms with Gasteiger partial charge in [0.25, 0.3) is 0 Å². The van der Waals surface area contributed by atoms with Crippen molar-refractivity contribution in [3.05, 3.63) is 45.4 Å². The van der Waals surface area contributed by atoms with Gasteiger partial charge in [0.1, 0.15) is 16.7 Å². The molecule has 0 spiro atoms. The average molecular weight is 301 g/mol. The quantitative estimate of drug-likeness (QED) is 0.797. The fourth-order valence-corrected chi connectivity index (χ4v) is 2.35. The molecule has 0 aliphatic heterocycles. The molecule has 2 aromatic rings. The van der Waals surface area contributed by atoms with Gasteiger partial charge in [0.2, 0.25) is 0 Å². The number of aryl methyl sites for hydroxylation is 1. The molecule has 19 heavy (non-hydrogen) atoms. The van der Waals surface area contributed by atoms with E-state index in [0.29, 0.717) is 18.4 Å². The first-order chi connectivity index (χ1) is 9.10. The molecule has 100 valence electrons. The predicted octanol–water partition coefficient (Wildman–Crippen LogP) is 4.08. The minimum absolute atomic E-state index is 0.0552. The summed E-state index contributed by atoms with van der Waals surface area (Å²) in [6.45, 7) is 1.96. The van der Waals surface area contributed by atoms with E-state index in [2.05, 4.69) is 5.10 Å². The normalized spacial score (nSPS) is 10.7. The van der Waals surface area contributed by atoms with Gasteiger partial charge in [-0.25, -0.2) is 9.07 Å². The number of nitrogens with zero attached hydrogens (tertiary/aromatic N) is 2. The first-order valence-corrected chi connectivity index (χ1v) is 6.52. The van der Waals surface area contributed by atoms with Crippen molar-refractivity contribution in [2.45, 2.75) is 19.8 Å². The van der Waals surface area contributed by atoms with Crippen LogP contribution in [0.15, 0.2) is 18.2 Å². The minimum atomic E-state index is -0.544. The standard InChI is InChI=1S/C13H11Cl2FN2O/c1-2-4-11-8(7-19)13(15)18(17-11)12-9(14)5-3-6-10(12)16/h3,5-7H,2,4H2,1H3. The molecule has 0 atom stereocenters. The van der Waals surface area contributed by atoms with E-state index >= 15 is 0 Å². The van der Waals surface area contributed by atoms with E-state index in [-0.39, 0.29) is 21.4 Å². The Morgan fingerprint density at radius 2 is 2.16 bits per heavy atom. The molecule has 0 bridgehead atoms. The Kier molecular flexibility index (Phi) is 4.22. The molecule has 0 N–H and O–H groups in total. The lowest BCUT2D eigenvalue weighted by Gasteiger charge is -2.06. The third-order valence-corrected chi connectivity index (χ3v) is 3.36. The van der Waals surface area contributed by atoms with Crippen LogP contribution in [0.3, 0.4) is 0 Å². The molecule has 2 rings (SSSR count). The molecule has 3 nitrogen and oxygen atoms in total. The number of carbonyl (C=O) groups excluding carboxylic acids is 1. The van der Waals surface area contributed by atoms with Crippen molar-refractivity contribution in [2.24, 2.45) is 0 Å². The molecule has 1 aromatic carbocycles. The third kappa shape index (κ3) is 2.51. The molecule has 0 saturated heterocycles. The van der Waals surface area contributed by atoms with Crippen molar-refractivity contribution in [1.82, 2.24) is 9.78 Å². The SMILES string of the molecule is CCCc1nn(-c2c(F)cccc2Cl)c(Cl)c1C=O. The van der Waals surface area contributed by atoms with Crippen molar-refractivity contribution in [1.29, 1.82) is 0 Å². The van der Waals surface area contributed by atoms with Crippen LogP contribution in [0.25, 0.3) is 5.69 Å². The van der Waals surface area contributed by atoms with Gasteiger partial charge < -0.3 is 0 Å². The third-order valence-electron chi connectivity index (χ3n) is 2.69. The Morgan fingerprint density at radius 3 is 2.74 bits per heavy atom. The Hall–Kier alpha value is -1.39. The molecule has 6 heteroatoms. The first kappa shape index (κ1) is 14.0. The van der Waals surface area contributed by atoms with Crippen molar-refractivity contribution in [3.63, 3.8) is 0 Å². The van der Waals surface area contributed by atoms with Crippen LogP contribution in [0, 0.1) is 5.82 Å². The highest BCUT2D eigenvalue weighted by molar-refractivity contribution is 6.34. The second-order valence-electron chi connectivity index (χ2n) is 4.00. The molecule has 0 aliphatic rings. The Labute approximate surface area is 119 Å². The van der Waals surface area contributed by atoms with E-state index in [0.717, 1.165) is 6.42 Å². The fraction of sp³-hybridized carbons (Fsp3) is 0.231. The summed E-state index contributed by atoms with van der Waals surface area (Å²) in [6, 6.07) is 4.30. The second-order valence-corrected chi connectivity index (χ2v) is 4.77. The average Bonchev–Trinajstić information content (AvgIpc) is 2.66. The molecule has 0 amide bonds. The Bertz CT molecular complexity index is 605. The lowest BCUT2D eigenvalue weighted by atomic mass is 10.2. The van der Waals surface area contributed by atoms with Gasteiger partial charge in [-0.1, -0.05) is 42.6 Å². The molecule has 1 aromatic heterocycles. The molecule has 0 unspecified atom stereocenters. The number of rotatable bonds is 4. The summed E-state index contributed by atoms with van der Waals surface area (Å²) in [4.78, 5) is 11.1. The van der Waals surface area contributed by atoms with Crippen LogP contribution < -0.4 is 0 Å².